The number of carbonyl (C=O) groups is 1. The van der Waals surface area contributed by atoms with E-state index in [0.717, 1.165) is 66.5 Å². The van der Waals surface area contributed by atoms with Gasteiger partial charge in [0.25, 0.3) is 0 Å². The number of hydrogen-bond donors (Lipinski definition) is 2. The standard InChI is InChI=1S/C25H25N5O2/c1-17-3-2-4-21(27-17)22-15-18-9-10-26-23(16-31)24(18)25(29-22)28-19-5-7-20(8-6-19)30-11-13-32-14-12-30/h2-10,15-16,23,26H,11-14H2,1H3,(H,28,29). The fourth-order valence-electron chi connectivity index (χ4n) is 4.10. The number of anilines is 3. The van der Waals surface area contributed by atoms with Crippen LogP contribution in [0.3, 0.4) is 0 Å². The van der Waals surface area contributed by atoms with Crippen molar-refractivity contribution < 1.29 is 9.53 Å². The van der Waals surface area contributed by atoms with Gasteiger partial charge in [-0.25, -0.2) is 4.98 Å². The van der Waals surface area contributed by atoms with Gasteiger partial charge in [-0.05, 0) is 67.2 Å². The van der Waals surface area contributed by atoms with Crippen molar-refractivity contribution in [1.29, 1.82) is 0 Å². The summed E-state index contributed by atoms with van der Waals surface area (Å²) in [6, 6.07) is 15.7. The third kappa shape index (κ3) is 4.07. The Morgan fingerprint density at radius 3 is 2.66 bits per heavy atom. The van der Waals surface area contributed by atoms with E-state index in [2.05, 4.69) is 32.7 Å². The lowest BCUT2D eigenvalue weighted by atomic mass is 9.97. The van der Waals surface area contributed by atoms with Crippen molar-refractivity contribution in [3.8, 4) is 11.4 Å². The molecule has 1 saturated heterocycles. The van der Waals surface area contributed by atoms with E-state index in [1.165, 1.54) is 5.69 Å². The molecule has 0 aliphatic carbocycles. The van der Waals surface area contributed by atoms with E-state index < -0.39 is 6.04 Å². The lowest BCUT2D eigenvalue weighted by Gasteiger charge is -2.29. The SMILES string of the molecule is Cc1cccc(-c2cc3c(c(Nc4ccc(N5CCOCC5)cc4)n2)C(C=O)NC=C3)n1. The van der Waals surface area contributed by atoms with Crippen molar-refractivity contribution in [1.82, 2.24) is 15.3 Å². The summed E-state index contributed by atoms with van der Waals surface area (Å²) in [7, 11) is 0. The predicted octanol–water partition coefficient (Wildman–Crippen LogP) is 3.85. The highest BCUT2D eigenvalue weighted by Crippen LogP contribution is 2.34. The number of nitrogens with zero attached hydrogens (tertiary/aromatic N) is 3. The van der Waals surface area contributed by atoms with Crippen LogP contribution in [-0.4, -0.2) is 42.6 Å². The number of benzene rings is 1. The fraction of sp³-hybridized carbons (Fsp3) is 0.240. The average Bonchev–Trinajstić information content (AvgIpc) is 2.84. The smallest absolute Gasteiger partial charge is 0.146 e. The normalized spacial score (nSPS) is 17.4. The Morgan fingerprint density at radius 1 is 1.09 bits per heavy atom. The van der Waals surface area contributed by atoms with Gasteiger partial charge in [-0.1, -0.05) is 6.07 Å². The Balaban J connectivity index is 1.51. The van der Waals surface area contributed by atoms with Gasteiger partial charge in [-0.2, -0.15) is 0 Å². The van der Waals surface area contributed by atoms with E-state index in [-0.39, 0.29) is 0 Å². The Morgan fingerprint density at radius 2 is 1.91 bits per heavy atom. The molecule has 0 spiro atoms. The number of aldehydes is 1. The van der Waals surface area contributed by atoms with Crippen molar-refractivity contribution in [2.75, 3.05) is 36.5 Å². The van der Waals surface area contributed by atoms with Gasteiger partial charge in [0.2, 0.25) is 0 Å². The van der Waals surface area contributed by atoms with Crippen LogP contribution in [0, 0.1) is 6.92 Å². The first-order chi connectivity index (χ1) is 15.7. The minimum atomic E-state index is -0.461. The van der Waals surface area contributed by atoms with E-state index in [1.54, 1.807) is 6.20 Å². The summed E-state index contributed by atoms with van der Waals surface area (Å²) < 4.78 is 5.45. The number of pyridine rings is 2. The number of fused-ring (bicyclic) bond motifs is 1. The van der Waals surface area contributed by atoms with Gasteiger partial charge in [0.1, 0.15) is 18.1 Å². The number of ether oxygens (including phenoxy) is 1. The van der Waals surface area contributed by atoms with Crippen molar-refractivity contribution in [3.63, 3.8) is 0 Å². The van der Waals surface area contributed by atoms with E-state index in [4.69, 9.17) is 9.72 Å². The minimum absolute atomic E-state index is 0.461. The highest BCUT2D eigenvalue weighted by atomic mass is 16.5. The zero-order valence-electron chi connectivity index (χ0n) is 17.9. The van der Waals surface area contributed by atoms with Crippen LogP contribution in [0.15, 0.2) is 54.7 Å². The van der Waals surface area contributed by atoms with Gasteiger partial charge in [0.15, 0.2) is 0 Å². The molecule has 162 valence electrons. The molecule has 2 aromatic heterocycles. The molecule has 0 bridgehead atoms. The summed E-state index contributed by atoms with van der Waals surface area (Å²) in [5.74, 6) is 0.647. The summed E-state index contributed by atoms with van der Waals surface area (Å²) in [4.78, 5) is 23.6. The molecular formula is C25H25N5O2. The summed E-state index contributed by atoms with van der Waals surface area (Å²) in [5, 5.41) is 6.55. The number of carbonyl (C=O) groups excluding carboxylic acids is 1. The van der Waals surface area contributed by atoms with Gasteiger partial charge in [0, 0.05) is 35.7 Å². The van der Waals surface area contributed by atoms with Gasteiger partial charge >= 0.3 is 0 Å². The molecule has 0 amide bonds. The molecule has 32 heavy (non-hydrogen) atoms. The van der Waals surface area contributed by atoms with Crippen LogP contribution in [-0.2, 0) is 9.53 Å². The van der Waals surface area contributed by atoms with Crippen LogP contribution in [0.1, 0.15) is 22.9 Å². The minimum Gasteiger partial charge on any atom is -0.378 e. The highest BCUT2D eigenvalue weighted by Gasteiger charge is 2.23. The van der Waals surface area contributed by atoms with E-state index in [0.29, 0.717) is 5.82 Å². The zero-order chi connectivity index (χ0) is 21.9. The van der Waals surface area contributed by atoms with E-state index in [9.17, 15) is 4.79 Å². The largest absolute Gasteiger partial charge is 0.378 e. The first-order valence-corrected chi connectivity index (χ1v) is 10.8. The molecule has 3 aromatic rings. The van der Waals surface area contributed by atoms with Crippen LogP contribution >= 0.6 is 0 Å². The predicted molar refractivity (Wildman–Crippen MR) is 126 cm³/mol. The van der Waals surface area contributed by atoms with Crippen molar-refractivity contribution in [2.45, 2.75) is 13.0 Å². The lowest BCUT2D eigenvalue weighted by molar-refractivity contribution is -0.109. The van der Waals surface area contributed by atoms with Crippen LogP contribution in [0.25, 0.3) is 17.5 Å². The molecule has 0 radical (unpaired) electrons. The van der Waals surface area contributed by atoms with Crippen LogP contribution < -0.4 is 15.5 Å². The number of morpholine rings is 1. The molecule has 1 unspecified atom stereocenters. The zero-order valence-corrected chi connectivity index (χ0v) is 17.9. The Kier molecular flexibility index (Phi) is 5.56. The van der Waals surface area contributed by atoms with Crippen LogP contribution in [0.5, 0.6) is 0 Å². The molecule has 1 fully saturated rings. The number of nitrogens with one attached hydrogen (secondary N) is 2. The van der Waals surface area contributed by atoms with Gasteiger partial charge in [0.05, 0.1) is 24.6 Å². The molecular weight excluding hydrogens is 402 g/mol. The maximum absolute atomic E-state index is 11.8. The third-order valence-electron chi connectivity index (χ3n) is 5.73. The van der Waals surface area contributed by atoms with E-state index in [1.807, 2.05) is 49.4 Å². The van der Waals surface area contributed by atoms with Crippen LogP contribution in [0.4, 0.5) is 17.2 Å². The average molecular weight is 428 g/mol. The molecule has 1 aromatic carbocycles. The van der Waals surface area contributed by atoms with E-state index >= 15 is 0 Å². The number of hydrogen-bond acceptors (Lipinski definition) is 7. The van der Waals surface area contributed by atoms with Crippen molar-refractivity contribution in [2.24, 2.45) is 0 Å². The maximum Gasteiger partial charge on any atom is 0.146 e. The Bertz CT molecular complexity index is 1150. The number of rotatable bonds is 5. The van der Waals surface area contributed by atoms with Gasteiger partial charge in [-0.15, -0.1) is 0 Å². The summed E-state index contributed by atoms with van der Waals surface area (Å²) in [6.07, 6.45) is 4.67. The van der Waals surface area contributed by atoms with Gasteiger partial charge < -0.3 is 25.1 Å². The van der Waals surface area contributed by atoms with Crippen molar-refractivity contribution in [3.05, 3.63) is 71.6 Å². The second-order valence-electron chi connectivity index (χ2n) is 7.91. The molecule has 7 heteroatoms. The van der Waals surface area contributed by atoms with Crippen molar-refractivity contribution >= 4 is 29.6 Å². The van der Waals surface area contributed by atoms with Gasteiger partial charge in [-0.3, -0.25) is 4.98 Å². The second-order valence-corrected chi connectivity index (χ2v) is 7.91. The number of aryl methyl sites for hydroxylation is 1. The maximum atomic E-state index is 11.8. The second kappa shape index (κ2) is 8.80. The Hall–Kier alpha value is -3.71. The molecule has 7 nitrogen and oxygen atoms in total. The summed E-state index contributed by atoms with van der Waals surface area (Å²) in [6.45, 7) is 5.26. The molecule has 2 aliphatic rings. The molecule has 5 rings (SSSR count). The monoisotopic (exact) mass is 427 g/mol. The molecule has 0 saturated carbocycles. The topological polar surface area (TPSA) is 79.4 Å². The summed E-state index contributed by atoms with van der Waals surface area (Å²) in [5.41, 5.74) is 6.34. The molecule has 4 heterocycles. The molecule has 2 N–H and O–H groups in total. The first-order valence-electron chi connectivity index (χ1n) is 10.8. The lowest BCUT2D eigenvalue weighted by Crippen LogP contribution is -2.36. The third-order valence-corrected chi connectivity index (χ3v) is 5.73. The molecule has 2 aliphatic heterocycles. The number of aromatic nitrogens is 2. The molecule has 1 atom stereocenters. The Labute approximate surface area is 187 Å². The highest BCUT2D eigenvalue weighted by molar-refractivity contribution is 5.79. The summed E-state index contributed by atoms with van der Waals surface area (Å²) >= 11 is 0. The van der Waals surface area contributed by atoms with Crippen LogP contribution in [0.2, 0.25) is 0 Å². The quantitative estimate of drug-likeness (QED) is 0.599. The first kappa shape index (κ1) is 20.2. The fourth-order valence-corrected chi connectivity index (χ4v) is 4.10.